The normalized spacial score (nSPS) is 14.7. The highest BCUT2D eigenvalue weighted by atomic mass is 35.5. The van der Waals surface area contributed by atoms with Crippen LogP contribution in [0.5, 0.6) is 0 Å². The van der Waals surface area contributed by atoms with Crippen molar-refractivity contribution in [2.45, 2.75) is 26.2 Å². The van der Waals surface area contributed by atoms with Crippen molar-refractivity contribution in [1.29, 1.82) is 0 Å². The number of anilines is 2. The van der Waals surface area contributed by atoms with Crippen LogP contribution >= 0.6 is 0 Å². The lowest BCUT2D eigenvalue weighted by atomic mass is 10.1. The molecule has 0 spiro atoms. The second kappa shape index (κ2) is 9.02. The SMILES string of the molecule is Cc1cc(N2CCCCC2)[nH+]c(N(CCO)CCO)n1.[Cl-]. The molecule has 1 saturated heterocycles. The average Bonchev–Trinajstić information content (AvgIpc) is 2.47. The van der Waals surface area contributed by atoms with Gasteiger partial charge in [-0.2, -0.15) is 0 Å². The lowest BCUT2D eigenvalue weighted by Gasteiger charge is -2.25. The molecular formula is C14H25ClN4O2. The van der Waals surface area contributed by atoms with Gasteiger partial charge in [0.25, 0.3) is 0 Å². The van der Waals surface area contributed by atoms with E-state index in [4.69, 9.17) is 10.2 Å². The van der Waals surface area contributed by atoms with Crippen molar-refractivity contribution in [1.82, 2.24) is 4.98 Å². The molecule has 0 saturated carbocycles. The quantitative estimate of drug-likeness (QED) is 0.585. The zero-order valence-electron chi connectivity index (χ0n) is 12.6. The minimum Gasteiger partial charge on any atom is -1.00 e. The first kappa shape index (κ1) is 17.9. The number of hydrogen-bond acceptors (Lipinski definition) is 5. The van der Waals surface area contributed by atoms with E-state index >= 15 is 0 Å². The Kier molecular flexibility index (Phi) is 7.71. The van der Waals surface area contributed by atoms with E-state index in [1.807, 2.05) is 11.8 Å². The second-order valence-electron chi connectivity index (χ2n) is 5.21. The summed E-state index contributed by atoms with van der Waals surface area (Å²) in [7, 11) is 0. The first-order valence-corrected chi connectivity index (χ1v) is 7.37. The Balaban J connectivity index is 0.00000220. The molecule has 0 bridgehead atoms. The van der Waals surface area contributed by atoms with Crippen LogP contribution in [0.2, 0.25) is 0 Å². The molecule has 2 heterocycles. The van der Waals surface area contributed by atoms with Crippen LogP contribution in [0.15, 0.2) is 6.07 Å². The van der Waals surface area contributed by atoms with Crippen molar-refractivity contribution in [2.24, 2.45) is 0 Å². The number of aryl methyl sites for hydroxylation is 1. The van der Waals surface area contributed by atoms with Crippen molar-refractivity contribution in [2.75, 3.05) is 49.2 Å². The third-order valence-corrected chi connectivity index (χ3v) is 3.60. The Hall–Kier alpha value is -1.11. The van der Waals surface area contributed by atoms with Crippen LogP contribution < -0.4 is 27.2 Å². The number of nitrogens with zero attached hydrogens (tertiary/aromatic N) is 3. The van der Waals surface area contributed by atoms with Gasteiger partial charge in [-0.15, -0.1) is 4.98 Å². The molecule has 6 nitrogen and oxygen atoms in total. The molecule has 0 atom stereocenters. The lowest BCUT2D eigenvalue weighted by molar-refractivity contribution is -0.355. The fourth-order valence-corrected chi connectivity index (χ4v) is 2.60. The number of aromatic amines is 1. The first-order chi connectivity index (χ1) is 9.74. The number of piperidine rings is 1. The molecule has 0 aliphatic carbocycles. The summed E-state index contributed by atoms with van der Waals surface area (Å²) in [6, 6.07) is 2.06. The number of H-pyrrole nitrogens is 1. The Morgan fingerprint density at radius 1 is 1.19 bits per heavy atom. The van der Waals surface area contributed by atoms with E-state index in [0.717, 1.165) is 24.6 Å². The van der Waals surface area contributed by atoms with Gasteiger partial charge in [0.1, 0.15) is 5.69 Å². The van der Waals surface area contributed by atoms with Gasteiger partial charge in [-0.3, -0.25) is 4.90 Å². The number of halogens is 1. The molecule has 3 N–H and O–H groups in total. The number of aromatic nitrogens is 2. The van der Waals surface area contributed by atoms with Crippen molar-refractivity contribution in [3.8, 4) is 0 Å². The summed E-state index contributed by atoms with van der Waals surface area (Å²) < 4.78 is 0. The van der Waals surface area contributed by atoms with Crippen LogP contribution in [0.1, 0.15) is 25.0 Å². The van der Waals surface area contributed by atoms with Crippen LogP contribution in [0.25, 0.3) is 0 Å². The number of hydrogen-bond donors (Lipinski definition) is 2. The Bertz CT molecular complexity index is 421. The van der Waals surface area contributed by atoms with Gasteiger partial charge in [0.2, 0.25) is 0 Å². The van der Waals surface area contributed by atoms with Gasteiger partial charge in [0, 0.05) is 6.07 Å². The van der Waals surface area contributed by atoms with Gasteiger partial charge in [-0.25, -0.2) is 4.98 Å². The van der Waals surface area contributed by atoms with Crippen molar-refractivity contribution < 1.29 is 27.6 Å². The number of aliphatic hydroxyl groups excluding tert-OH is 2. The molecule has 1 fully saturated rings. The molecule has 2 rings (SSSR count). The van der Waals surface area contributed by atoms with E-state index in [-0.39, 0.29) is 25.6 Å². The summed E-state index contributed by atoms with van der Waals surface area (Å²) in [6.45, 7) is 5.13. The Morgan fingerprint density at radius 3 is 2.38 bits per heavy atom. The molecule has 1 aliphatic heterocycles. The van der Waals surface area contributed by atoms with Crippen LogP contribution in [0, 0.1) is 6.92 Å². The van der Waals surface area contributed by atoms with Gasteiger partial charge in [-0.05, 0) is 26.2 Å². The minimum absolute atomic E-state index is 0. The summed E-state index contributed by atoms with van der Waals surface area (Å²) in [5, 5.41) is 18.3. The predicted octanol–water partition coefficient (Wildman–Crippen LogP) is -3.01. The topological polar surface area (TPSA) is 74.0 Å². The van der Waals surface area contributed by atoms with E-state index in [1.165, 1.54) is 19.3 Å². The van der Waals surface area contributed by atoms with Gasteiger partial charge in [0.15, 0.2) is 5.82 Å². The van der Waals surface area contributed by atoms with Gasteiger partial charge < -0.3 is 27.5 Å². The maximum Gasteiger partial charge on any atom is 0.347 e. The molecule has 1 aromatic rings. The molecule has 0 amide bonds. The summed E-state index contributed by atoms with van der Waals surface area (Å²) >= 11 is 0. The maximum atomic E-state index is 9.14. The summed E-state index contributed by atoms with van der Waals surface area (Å²) in [5.41, 5.74) is 0.945. The molecule has 0 radical (unpaired) electrons. The molecule has 1 aromatic heterocycles. The number of aliphatic hydroxyl groups is 2. The summed E-state index contributed by atoms with van der Waals surface area (Å²) in [6.07, 6.45) is 3.75. The average molecular weight is 317 g/mol. The predicted molar refractivity (Wildman–Crippen MR) is 78.0 cm³/mol. The van der Waals surface area contributed by atoms with E-state index in [2.05, 4.69) is 20.9 Å². The van der Waals surface area contributed by atoms with Gasteiger partial charge >= 0.3 is 5.95 Å². The smallest absolute Gasteiger partial charge is 0.347 e. The maximum absolute atomic E-state index is 9.14. The fraction of sp³-hybridized carbons (Fsp3) is 0.714. The van der Waals surface area contributed by atoms with Crippen molar-refractivity contribution in [3.05, 3.63) is 11.8 Å². The highest BCUT2D eigenvalue weighted by molar-refractivity contribution is 5.38. The first-order valence-electron chi connectivity index (χ1n) is 7.37. The molecule has 21 heavy (non-hydrogen) atoms. The van der Waals surface area contributed by atoms with Gasteiger partial charge in [0.05, 0.1) is 39.4 Å². The number of rotatable bonds is 6. The zero-order valence-corrected chi connectivity index (χ0v) is 13.3. The Labute approximate surface area is 132 Å². The van der Waals surface area contributed by atoms with E-state index in [9.17, 15) is 0 Å². The second-order valence-corrected chi connectivity index (χ2v) is 5.21. The van der Waals surface area contributed by atoms with E-state index in [0.29, 0.717) is 19.0 Å². The molecule has 7 heteroatoms. The van der Waals surface area contributed by atoms with E-state index in [1.54, 1.807) is 0 Å². The lowest BCUT2D eigenvalue weighted by Crippen LogP contribution is -3.00. The summed E-state index contributed by atoms with van der Waals surface area (Å²) in [4.78, 5) is 12.1. The molecule has 120 valence electrons. The minimum atomic E-state index is 0. The van der Waals surface area contributed by atoms with Crippen LogP contribution in [0.3, 0.4) is 0 Å². The summed E-state index contributed by atoms with van der Waals surface area (Å²) in [5.74, 6) is 1.79. The number of nitrogens with one attached hydrogen (secondary N) is 1. The Morgan fingerprint density at radius 2 is 1.81 bits per heavy atom. The largest absolute Gasteiger partial charge is 1.00 e. The van der Waals surface area contributed by atoms with Gasteiger partial charge in [-0.1, -0.05) is 0 Å². The third-order valence-electron chi connectivity index (χ3n) is 3.60. The fourth-order valence-electron chi connectivity index (χ4n) is 2.60. The molecule has 1 aliphatic rings. The zero-order chi connectivity index (χ0) is 14.4. The van der Waals surface area contributed by atoms with Crippen LogP contribution in [-0.2, 0) is 0 Å². The van der Waals surface area contributed by atoms with Crippen molar-refractivity contribution >= 4 is 11.8 Å². The van der Waals surface area contributed by atoms with Crippen LogP contribution in [0.4, 0.5) is 11.8 Å². The van der Waals surface area contributed by atoms with E-state index < -0.39 is 0 Å². The molecule has 0 aromatic carbocycles. The van der Waals surface area contributed by atoms with Crippen LogP contribution in [-0.4, -0.2) is 54.6 Å². The standard InChI is InChI=1S/C14H24N4O2.ClH/c1-12-11-13(17-5-3-2-4-6-17)16-14(15-12)18(7-9-19)8-10-20;/h11,19-20H,2-10H2,1H3;1H. The van der Waals surface area contributed by atoms with Crippen molar-refractivity contribution in [3.63, 3.8) is 0 Å². The highest BCUT2D eigenvalue weighted by Gasteiger charge is 2.21. The highest BCUT2D eigenvalue weighted by Crippen LogP contribution is 2.17. The molecule has 0 unspecified atom stereocenters. The monoisotopic (exact) mass is 316 g/mol. The third kappa shape index (κ3) is 4.98. The molecular weight excluding hydrogens is 292 g/mol.